The van der Waals surface area contributed by atoms with Crippen LogP contribution in [0.5, 0.6) is 11.5 Å². The maximum atomic E-state index is 14.3. The first-order valence-electron chi connectivity index (χ1n) is 13.2. The van der Waals surface area contributed by atoms with Crippen molar-refractivity contribution in [3.05, 3.63) is 156 Å². The van der Waals surface area contributed by atoms with E-state index < -0.39 is 25.4 Å². The Bertz CT molecular complexity index is 1570. The van der Waals surface area contributed by atoms with Crippen molar-refractivity contribution in [2.45, 2.75) is 18.5 Å². The standard InChI is InChI=1S/C34H30NO5P/c36-28-20-16-25(17-21-28)24-32(34(37)38)35-33(26-10-4-1-5-11-26)27-18-22-29(23-19-27)40-41(39,30-12-6-2-7-13-30)31-14-8-3-9-15-31/h1-23,32-33,35-36H,24H2,(H,37,38). The van der Waals surface area contributed by atoms with E-state index in [4.69, 9.17) is 4.52 Å². The molecule has 0 fully saturated rings. The lowest BCUT2D eigenvalue weighted by Crippen LogP contribution is -2.41. The third-order valence-electron chi connectivity index (χ3n) is 6.81. The van der Waals surface area contributed by atoms with Crippen LogP contribution in [0.2, 0.25) is 0 Å². The summed E-state index contributed by atoms with van der Waals surface area (Å²) in [4.78, 5) is 12.3. The molecule has 3 N–H and O–H groups in total. The van der Waals surface area contributed by atoms with Gasteiger partial charge in [-0.3, -0.25) is 14.7 Å². The second-order valence-electron chi connectivity index (χ2n) is 9.65. The van der Waals surface area contributed by atoms with Crippen molar-refractivity contribution in [1.82, 2.24) is 5.32 Å². The Balaban J connectivity index is 1.44. The van der Waals surface area contributed by atoms with Gasteiger partial charge in [0.2, 0.25) is 0 Å². The first-order valence-corrected chi connectivity index (χ1v) is 14.9. The molecule has 0 bridgehead atoms. The highest BCUT2D eigenvalue weighted by atomic mass is 31.2. The van der Waals surface area contributed by atoms with E-state index in [1.165, 1.54) is 0 Å². The molecule has 0 aliphatic rings. The van der Waals surface area contributed by atoms with Gasteiger partial charge in [0, 0.05) is 0 Å². The van der Waals surface area contributed by atoms with Gasteiger partial charge in [-0.1, -0.05) is 91.0 Å². The lowest BCUT2D eigenvalue weighted by atomic mass is 9.96. The van der Waals surface area contributed by atoms with E-state index in [-0.39, 0.29) is 12.2 Å². The van der Waals surface area contributed by atoms with Crippen LogP contribution in [-0.2, 0) is 15.8 Å². The SMILES string of the molecule is O=C(O)C(Cc1ccc(O)cc1)NC(c1ccccc1)c1ccc(OP(=O)(c2ccccc2)c2ccccc2)cc1. The van der Waals surface area contributed by atoms with Gasteiger partial charge in [0.15, 0.2) is 0 Å². The predicted molar refractivity (Wildman–Crippen MR) is 161 cm³/mol. The summed E-state index contributed by atoms with van der Waals surface area (Å²) in [5.74, 6) is -0.414. The van der Waals surface area contributed by atoms with Crippen LogP contribution in [0.3, 0.4) is 0 Å². The number of hydrogen-bond acceptors (Lipinski definition) is 5. The van der Waals surface area contributed by atoms with E-state index in [9.17, 15) is 19.6 Å². The number of aliphatic carboxylic acids is 1. The predicted octanol–water partition coefficient (Wildman–Crippen LogP) is 6.08. The van der Waals surface area contributed by atoms with E-state index in [0.717, 1.165) is 16.7 Å². The van der Waals surface area contributed by atoms with Crippen LogP contribution in [0.4, 0.5) is 0 Å². The second kappa shape index (κ2) is 12.7. The zero-order valence-electron chi connectivity index (χ0n) is 22.2. The van der Waals surface area contributed by atoms with Crippen LogP contribution in [0.15, 0.2) is 140 Å². The highest BCUT2D eigenvalue weighted by Crippen LogP contribution is 2.45. The topological polar surface area (TPSA) is 95.9 Å². The van der Waals surface area contributed by atoms with Gasteiger partial charge >= 0.3 is 13.3 Å². The maximum Gasteiger partial charge on any atom is 0.321 e. The number of hydrogen-bond donors (Lipinski definition) is 3. The van der Waals surface area contributed by atoms with Crippen molar-refractivity contribution < 1.29 is 24.1 Å². The Morgan fingerprint density at radius 2 is 1.17 bits per heavy atom. The van der Waals surface area contributed by atoms with E-state index in [1.807, 2.05) is 78.9 Å². The summed E-state index contributed by atoms with van der Waals surface area (Å²) in [5, 5.41) is 24.2. The van der Waals surface area contributed by atoms with Crippen LogP contribution in [-0.4, -0.2) is 22.2 Å². The summed E-state index contributed by atoms with van der Waals surface area (Å²) < 4.78 is 20.6. The lowest BCUT2D eigenvalue weighted by Gasteiger charge is -2.25. The molecule has 6 nitrogen and oxygen atoms in total. The molecule has 5 aromatic carbocycles. The van der Waals surface area contributed by atoms with Gasteiger partial charge in [0.1, 0.15) is 17.5 Å². The summed E-state index contributed by atoms with van der Waals surface area (Å²) in [6.07, 6.45) is 0.234. The van der Waals surface area contributed by atoms with Crippen molar-refractivity contribution in [2.24, 2.45) is 0 Å². The number of nitrogens with one attached hydrogen (secondary N) is 1. The van der Waals surface area contributed by atoms with E-state index >= 15 is 0 Å². The van der Waals surface area contributed by atoms with Crippen LogP contribution in [0, 0.1) is 0 Å². The number of phenolic OH excluding ortho intramolecular Hbond substituents is 1. The van der Waals surface area contributed by atoms with E-state index in [1.54, 1.807) is 60.7 Å². The smallest absolute Gasteiger partial charge is 0.321 e. The molecule has 206 valence electrons. The average Bonchev–Trinajstić information content (AvgIpc) is 3.02. The lowest BCUT2D eigenvalue weighted by molar-refractivity contribution is -0.139. The molecule has 0 spiro atoms. The minimum atomic E-state index is -3.43. The van der Waals surface area contributed by atoms with Crippen molar-refractivity contribution in [1.29, 1.82) is 0 Å². The number of carboxylic acid groups (broad SMARTS) is 1. The molecule has 5 rings (SSSR count). The molecule has 7 heteroatoms. The fourth-order valence-electron chi connectivity index (χ4n) is 4.69. The summed E-state index contributed by atoms with van der Waals surface area (Å²) in [6.45, 7) is 0. The Kier molecular flexibility index (Phi) is 8.64. The number of carbonyl (C=O) groups is 1. The molecule has 41 heavy (non-hydrogen) atoms. The molecule has 0 saturated carbocycles. The normalized spacial score (nSPS) is 12.8. The molecule has 0 aromatic heterocycles. The molecule has 2 unspecified atom stereocenters. The molecule has 2 atom stereocenters. The Morgan fingerprint density at radius 1 is 0.683 bits per heavy atom. The van der Waals surface area contributed by atoms with E-state index in [2.05, 4.69) is 5.32 Å². The molecule has 0 aliphatic heterocycles. The number of phenols is 1. The highest BCUT2D eigenvalue weighted by molar-refractivity contribution is 7.74. The minimum Gasteiger partial charge on any atom is -0.508 e. The first kappa shape index (κ1) is 27.9. The number of carboxylic acids is 1. The third kappa shape index (κ3) is 6.75. The molecule has 0 heterocycles. The molecule has 0 radical (unpaired) electrons. The first-order chi connectivity index (χ1) is 19.9. The molecule has 0 aliphatic carbocycles. The molecular weight excluding hydrogens is 533 g/mol. The third-order valence-corrected chi connectivity index (χ3v) is 9.24. The fourth-order valence-corrected chi connectivity index (χ4v) is 6.75. The summed E-state index contributed by atoms with van der Waals surface area (Å²) in [7, 11) is -3.43. The van der Waals surface area contributed by atoms with Gasteiger partial charge in [0.05, 0.1) is 16.7 Å². The number of aromatic hydroxyl groups is 1. The van der Waals surface area contributed by atoms with Gasteiger partial charge in [-0.2, -0.15) is 0 Å². The Morgan fingerprint density at radius 3 is 1.68 bits per heavy atom. The molecule has 0 saturated heterocycles. The monoisotopic (exact) mass is 563 g/mol. The Labute approximate surface area is 239 Å². The van der Waals surface area contributed by atoms with Gasteiger partial charge in [-0.25, -0.2) is 0 Å². The van der Waals surface area contributed by atoms with Crippen molar-refractivity contribution in [3.63, 3.8) is 0 Å². The quantitative estimate of drug-likeness (QED) is 0.169. The van der Waals surface area contributed by atoms with Crippen molar-refractivity contribution in [2.75, 3.05) is 0 Å². The molecule has 5 aromatic rings. The van der Waals surface area contributed by atoms with Crippen molar-refractivity contribution >= 4 is 23.9 Å². The van der Waals surface area contributed by atoms with E-state index in [0.29, 0.717) is 16.4 Å². The zero-order valence-corrected chi connectivity index (χ0v) is 23.1. The second-order valence-corrected chi connectivity index (χ2v) is 12.0. The molecular formula is C34H30NO5P. The van der Waals surface area contributed by atoms with Crippen LogP contribution >= 0.6 is 7.37 Å². The van der Waals surface area contributed by atoms with Crippen LogP contribution < -0.4 is 20.4 Å². The van der Waals surface area contributed by atoms with Crippen molar-refractivity contribution in [3.8, 4) is 11.5 Å². The summed E-state index contributed by atoms with van der Waals surface area (Å²) in [6, 6.07) is 40.4. The van der Waals surface area contributed by atoms with Gasteiger partial charge in [-0.05, 0) is 71.6 Å². The zero-order chi connectivity index (χ0) is 28.7. The fraction of sp³-hybridized carbons (Fsp3) is 0.0882. The highest BCUT2D eigenvalue weighted by Gasteiger charge is 2.30. The largest absolute Gasteiger partial charge is 0.508 e. The maximum absolute atomic E-state index is 14.3. The summed E-state index contributed by atoms with van der Waals surface area (Å²) >= 11 is 0. The van der Waals surface area contributed by atoms with Gasteiger partial charge in [0.25, 0.3) is 0 Å². The molecule has 0 amide bonds. The van der Waals surface area contributed by atoms with Gasteiger partial charge < -0.3 is 14.7 Å². The minimum absolute atomic E-state index is 0.127. The van der Waals surface area contributed by atoms with Crippen LogP contribution in [0.25, 0.3) is 0 Å². The Hall–Kier alpha value is -4.64. The number of rotatable bonds is 11. The summed E-state index contributed by atoms with van der Waals surface area (Å²) in [5.41, 5.74) is 2.52. The van der Waals surface area contributed by atoms with Crippen LogP contribution in [0.1, 0.15) is 22.7 Å². The number of benzene rings is 5. The van der Waals surface area contributed by atoms with Gasteiger partial charge in [-0.15, -0.1) is 0 Å². The average molecular weight is 564 g/mol.